The lowest BCUT2D eigenvalue weighted by molar-refractivity contribution is -0.161. The van der Waals surface area contributed by atoms with Gasteiger partial charge in [0.15, 0.2) is 12.2 Å². The number of phosphoric ester groups is 2. The first-order chi connectivity index (χ1) is 47.7. The van der Waals surface area contributed by atoms with E-state index in [9.17, 15) is 43.2 Å². The van der Waals surface area contributed by atoms with Crippen LogP contribution >= 0.6 is 15.6 Å². The van der Waals surface area contributed by atoms with Gasteiger partial charge in [-0.1, -0.05) is 336 Å². The lowest BCUT2D eigenvalue weighted by Gasteiger charge is -2.21. The van der Waals surface area contributed by atoms with Crippen molar-refractivity contribution in [3.63, 3.8) is 0 Å². The number of carbonyl (C=O) groups is 4. The maximum Gasteiger partial charge on any atom is 0.472 e. The van der Waals surface area contributed by atoms with Crippen molar-refractivity contribution in [2.24, 2.45) is 17.8 Å². The molecule has 0 saturated heterocycles. The van der Waals surface area contributed by atoms with Gasteiger partial charge < -0.3 is 33.8 Å². The number of allylic oxidation sites excluding steroid dienone is 4. The highest BCUT2D eigenvalue weighted by atomic mass is 31.2. The molecule has 3 N–H and O–H groups in total. The quantitative estimate of drug-likeness (QED) is 0.0169. The molecule has 0 aliphatic heterocycles. The van der Waals surface area contributed by atoms with Crippen molar-refractivity contribution in [1.82, 2.24) is 0 Å². The summed E-state index contributed by atoms with van der Waals surface area (Å²) < 4.78 is 68.6. The molecule has 19 heteroatoms. The van der Waals surface area contributed by atoms with Gasteiger partial charge in [0.05, 0.1) is 26.4 Å². The van der Waals surface area contributed by atoms with Crippen LogP contribution in [0.3, 0.4) is 0 Å². The van der Waals surface area contributed by atoms with Crippen molar-refractivity contribution < 1.29 is 80.2 Å². The largest absolute Gasteiger partial charge is 0.472 e. The summed E-state index contributed by atoms with van der Waals surface area (Å²) in [5.41, 5.74) is 0. The van der Waals surface area contributed by atoms with E-state index in [2.05, 4.69) is 72.8 Å². The SMILES string of the molecule is CCCCCC/C=C\C=C/CCCCCCCC(=O)OC[C@H](COP(=O)(O)OCC(O)COP(=O)(O)OC[C@@H](COC(=O)CCCCCCCCCC(C)C)OC(=O)CCCCCCCCCCCCC(C)C)OC(=O)CCCCCCCCCCCCCCCCCCCCC(C)C. The number of aliphatic hydroxyl groups excluding tert-OH is 1. The Bertz CT molecular complexity index is 2020. The monoisotopic (exact) mass is 1450 g/mol. The van der Waals surface area contributed by atoms with Crippen molar-refractivity contribution in [2.75, 3.05) is 39.6 Å². The highest BCUT2D eigenvalue weighted by Crippen LogP contribution is 2.45. The summed E-state index contributed by atoms with van der Waals surface area (Å²) in [6, 6.07) is 0. The van der Waals surface area contributed by atoms with Gasteiger partial charge in [0, 0.05) is 25.7 Å². The maximum absolute atomic E-state index is 13.1. The lowest BCUT2D eigenvalue weighted by atomic mass is 10.0. The van der Waals surface area contributed by atoms with Crippen LogP contribution in [-0.4, -0.2) is 96.7 Å². The third-order valence-electron chi connectivity index (χ3n) is 18.0. The van der Waals surface area contributed by atoms with Gasteiger partial charge >= 0.3 is 39.5 Å². The van der Waals surface area contributed by atoms with Crippen LogP contribution in [-0.2, 0) is 65.4 Å². The molecule has 3 unspecified atom stereocenters. The van der Waals surface area contributed by atoms with E-state index in [1.165, 1.54) is 173 Å². The van der Waals surface area contributed by atoms with Gasteiger partial charge in [-0.15, -0.1) is 0 Å². The van der Waals surface area contributed by atoms with Crippen molar-refractivity contribution in [3.05, 3.63) is 24.3 Å². The third kappa shape index (κ3) is 73.6. The molecule has 0 heterocycles. The van der Waals surface area contributed by atoms with E-state index in [1.807, 2.05) is 0 Å². The zero-order valence-electron chi connectivity index (χ0n) is 64.4. The van der Waals surface area contributed by atoms with Gasteiger partial charge in [-0.05, 0) is 69.1 Å². The molecular formula is C80H152O17P2. The van der Waals surface area contributed by atoms with Crippen LogP contribution in [0.25, 0.3) is 0 Å². The number of ether oxygens (including phenoxy) is 4. The first kappa shape index (κ1) is 96.5. The first-order valence-electron chi connectivity index (χ1n) is 40.7. The molecule has 5 atom stereocenters. The topological polar surface area (TPSA) is 237 Å². The fraction of sp³-hybridized carbons (Fsp3) is 0.900. The number of unbranched alkanes of at least 4 members (excludes halogenated alkanes) is 41. The standard InChI is InChI=1S/C80H152O17P2/c1-8-9-10-11-12-13-14-15-20-24-27-33-40-47-54-61-77(82)90-67-75(96-79(84)63-56-49-41-34-28-25-22-19-17-16-18-21-23-26-31-37-44-51-58-71(2)3)69-94-98(86,87)92-65-74(81)66-93-99(88,89)95-70-76(68-91-78(83)62-55-48-43-36-39-46-53-60-73(6)7)97-80(85)64-57-50-42-35-30-29-32-38-45-52-59-72(4)5/h13-15,20,71-76,81H,8-12,16-19,21-70H2,1-7H3,(H,86,87)(H,88,89)/b14-13-,20-15-/t74?,75-,76-/m1/s1. The molecule has 99 heavy (non-hydrogen) atoms. The lowest BCUT2D eigenvalue weighted by Crippen LogP contribution is -2.30. The number of esters is 4. The fourth-order valence-electron chi connectivity index (χ4n) is 11.8. The minimum Gasteiger partial charge on any atom is -0.462 e. The summed E-state index contributed by atoms with van der Waals surface area (Å²) in [7, 11) is -9.93. The molecular weight excluding hydrogens is 1290 g/mol. The number of aliphatic hydroxyl groups is 1. The van der Waals surface area contributed by atoms with E-state index in [1.54, 1.807) is 0 Å². The number of hydrogen-bond acceptors (Lipinski definition) is 15. The second-order valence-corrected chi connectivity index (χ2v) is 32.5. The predicted molar refractivity (Wildman–Crippen MR) is 404 cm³/mol. The van der Waals surface area contributed by atoms with Crippen molar-refractivity contribution in [3.8, 4) is 0 Å². The molecule has 0 aliphatic rings. The molecule has 0 spiro atoms. The van der Waals surface area contributed by atoms with Gasteiger partial charge in [0.2, 0.25) is 0 Å². The molecule has 0 amide bonds. The summed E-state index contributed by atoms with van der Waals surface area (Å²) in [5, 5.41) is 10.6. The average molecular weight is 1450 g/mol. The minimum atomic E-state index is -4.97. The van der Waals surface area contributed by atoms with Crippen LogP contribution in [0.1, 0.15) is 389 Å². The van der Waals surface area contributed by atoms with Gasteiger partial charge in [-0.2, -0.15) is 0 Å². The van der Waals surface area contributed by atoms with E-state index in [4.69, 9.17) is 37.0 Å². The molecule has 0 saturated carbocycles. The zero-order valence-corrected chi connectivity index (χ0v) is 66.2. The molecule has 0 radical (unpaired) electrons. The summed E-state index contributed by atoms with van der Waals surface area (Å²) >= 11 is 0. The molecule has 584 valence electrons. The summed E-state index contributed by atoms with van der Waals surface area (Å²) in [6.45, 7) is 11.8. The van der Waals surface area contributed by atoms with Gasteiger partial charge in [0.1, 0.15) is 19.3 Å². The fourth-order valence-corrected chi connectivity index (χ4v) is 13.3. The Kier molecular flexibility index (Phi) is 68.1. The van der Waals surface area contributed by atoms with Crippen LogP contribution in [0, 0.1) is 17.8 Å². The number of phosphoric acid groups is 2. The Labute approximate surface area is 605 Å². The minimum absolute atomic E-state index is 0.101. The Morgan fingerprint density at radius 2 is 0.545 bits per heavy atom. The van der Waals surface area contributed by atoms with Crippen molar-refractivity contribution in [1.29, 1.82) is 0 Å². The third-order valence-corrected chi connectivity index (χ3v) is 19.9. The molecule has 0 rings (SSSR count). The summed E-state index contributed by atoms with van der Waals surface area (Å²) in [6.07, 6.45) is 60.6. The molecule has 0 aromatic carbocycles. The normalized spacial score (nSPS) is 14.2. The molecule has 0 bridgehead atoms. The molecule has 17 nitrogen and oxygen atoms in total. The van der Waals surface area contributed by atoms with Crippen LogP contribution < -0.4 is 0 Å². The van der Waals surface area contributed by atoms with Crippen LogP contribution in [0.2, 0.25) is 0 Å². The van der Waals surface area contributed by atoms with E-state index < -0.39 is 97.5 Å². The van der Waals surface area contributed by atoms with E-state index in [0.717, 1.165) is 127 Å². The van der Waals surface area contributed by atoms with Crippen molar-refractivity contribution in [2.45, 2.75) is 407 Å². The maximum atomic E-state index is 13.1. The summed E-state index contributed by atoms with van der Waals surface area (Å²) in [4.78, 5) is 72.9. The second-order valence-electron chi connectivity index (χ2n) is 29.5. The number of carbonyl (C=O) groups excluding carboxylic acids is 4. The highest BCUT2D eigenvalue weighted by Gasteiger charge is 2.30. The number of rotatable bonds is 76. The molecule has 0 aliphatic carbocycles. The van der Waals surface area contributed by atoms with Gasteiger partial charge in [-0.3, -0.25) is 37.3 Å². The smallest absolute Gasteiger partial charge is 0.462 e. The van der Waals surface area contributed by atoms with Crippen LogP contribution in [0.4, 0.5) is 0 Å². The molecule has 0 fully saturated rings. The summed E-state index contributed by atoms with van der Waals surface area (Å²) in [5.74, 6) is 0.128. The van der Waals surface area contributed by atoms with Crippen LogP contribution in [0.15, 0.2) is 24.3 Å². The Hall–Kier alpha value is -2.46. The van der Waals surface area contributed by atoms with E-state index in [-0.39, 0.29) is 25.7 Å². The second kappa shape index (κ2) is 69.9. The van der Waals surface area contributed by atoms with E-state index in [0.29, 0.717) is 31.6 Å². The Balaban J connectivity index is 5.25. The molecule has 0 aromatic rings. The van der Waals surface area contributed by atoms with Gasteiger partial charge in [0.25, 0.3) is 0 Å². The van der Waals surface area contributed by atoms with Crippen molar-refractivity contribution >= 4 is 39.5 Å². The van der Waals surface area contributed by atoms with Gasteiger partial charge in [-0.25, -0.2) is 9.13 Å². The predicted octanol–water partition coefficient (Wildman–Crippen LogP) is 23.3. The van der Waals surface area contributed by atoms with E-state index >= 15 is 0 Å². The average Bonchev–Trinajstić information content (AvgIpc) is 1.03. The van der Waals surface area contributed by atoms with Crippen LogP contribution in [0.5, 0.6) is 0 Å². The molecule has 0 aromatic heterocycles. The Morgan fingerprint density at radius 1 is 0.313 bits per heavy atom. The highest BCUT2D eigenvalue weighted by molar-refractivity contribution is 7.47. The zero-order chi connectivity index (χ0) is 73.0. The Morgan fingerprint density at radius 3 is 0.818 bits per heavy atom. The first-order valence-corrected chi connectivity index (χ1v) is 43.7. The number of hydrogen-bond donors (Lipinski definition) is 3.